The lowest BCUT2D eigenvalue weighted by atomic mass is 10.2. The summed E-state index contributed by atoms with van der Waals surface area (Å²) >= 11 is 0. The molecule has 0 spiro atoms. The second-order valence-electron chi connectivity index (χ2n) is 3.65. The van der Waals surface area contributed by atoms with Crippen molar-refractivity contribution >= 4 is 5.97 Å². The van der Waals surface area contributed by atoms with E-state index in [0.29, 0.717) is 13.0 Å². The number of carbonyl (C=O) groups excluding carboxylic acids is 1. The average molecular weight is 186 g/mol. The number of carbonyl (C=O) groups is 1. The van der Waals surface area contributed by atoms with Gasteiger partial charge in [-0.2, -0.15) is 0 Å². The zero-order chi connectivity index (χ0) is 9.42. The third kappa shape index (κ3) is 2.42. The molecular weight excluding hydrogens is 172 g/mol. The van der Waals surface area contributed by atoms with Gasteiger partial charge in [0.15, 0.2) is 0 Å². The van der Waals surface area contributed by atoms with Gasteiger partial charge in [-0.1, -0.05) is 0 Å². The van der Waals surface area contributed by atoms with E-state index in [1.165, 1.54) is 0 Å². The highest BCUT2D eigenvalue weighted by atomic mass is 16.6. The third-order valence-corrected chi connectivity index (χ3v) is 2.45. The van der Waals surface area contributed by atoms with E-state index in [9.17, 15) is 4.79 Å². The van der Waals surface area contributed by atoms with Crippen molar-refractivity contribution in [2.75, 3.05) is 6.61 Å². The molecule has 74 valence electrons. The van der Waals surface area contributed by atoms with Crippen molar-refractivity contribution in [1.29, 1.82) is 0 Å². The minimum atomic E-state index is -0.183. The summed E-state index contributed by atoms with van der Waals surface area (Å²) in [6.07, 6.45) is 1.07. The maximum Gasteiger partial charge on any atom is 0.308 e. The molecule has 0 aromatic heterocycles. The molecule has 0 aliphatic carbocycles. The minimum Gasteiger partial charge on any atom is -0.463 e. The molecule has 4 atom stereocenters. The van der Waals surface area contributed by atoms with Crippen LogP contribution in [0.3, 0.4) is 0 Å². The summed E-state index contributed by atoms with van der Waals surface area (Å²) in [5.41, 5.74) is 0. The van der Waals surface area contributed by atoms with Crippen molar-refractivity contribution in [1.82, 2.24) is 0 Å². The molecule has 2 aliphatic rings. The molecule has 4 unspecified atom stereocenters. The van der Waals surface area contributed by atoms with Crippen molar-refractivity contribution in [3.63, 3.8) is 0 Å². The fraction of sp³-hybridized carbons (Fsp3) is 0.889. The van der Waals surface area contributed by atoms with Crippen LogP contribution in [0.1, 0.15) is 20.3 Å². The molecule has 4 nitrogen and oxygen atoms in total. The molecule has 2 saturated heterocycles. The number of hydrogen-bond acceptors (Lipinski definition) is 4. The number of rotatable bonds is 4. The van der Waals surface area contributed by atoms with E-state index in [0.717, 1.165) is 0 Å². The Morgan fingerprint density at radius 2 is 1.77 bits per heavy atom. The number of ether oxygens (including phenoxy) is 3. The van der Waals surface area contributed by atoms with Gasteiger partial charge in [0.1, 0.15) is 12.7 Å². The van der Waals surface area contributed by atoms with E-state index < -0.39 is 0 Å². The van der Waals surface area contributed by atoms with Crippen LogP contribution in [-0.4, -0.2) is 37.0 Å². The minimum absolute atomic E-state index is 0.0880. The van der Waals surface area contributed by atoms with Crippen LogP contribution in [0.5, 0.6) is 0 Å². The predicted molar refractivity (Wildman–Crippen MR) is 44.2 cm³/mol. The Hall–Kier alpha value is -0.610. The number of esters is 1. The van der Waals surface area contributed by atoms with Crippen LogP contribution in [0.25, 0.3) is 0 Å². The van der Waals surface area contributed by atoms with Gasteiger partial charge in [0.25, 0.3) is 0 Å². The number of epoxide rings is 2. The summed E-state index contributed by atoms with van der Waals surface area (Å²) in [5.74, 6) is -0.183. The topological polar surface area (TPSA) is 51.4 Å². The molecular formula is C9H14O4. The van der Waals surface area contributed by atoms with Crippen LogP contribution < -0.4 is 0 Å². The van der Waals surface area contributed by atoms with Gasteiger partial charge in [0.2, 0.25) is 0 Å². The standard InChI is InChI=1S/C9H14O4/c1-5-7(12-5)3-9(10)11-4-8-6(2)13-8/h5-8H,3-4H2,1-2H3. The van der Waals surface area contributed by atoms with E-state index in [1.807, 2.05) is 13.8 Å². The lowest BCUT2D eigenvalue weighted by Gasteiger charge is -1.99. The zero-order valence-electron chi connectivity index (χ0n) is 7.86. The van der Waals surface area contributed by atoms with Crippen LogP contribution in [0.4, 0.5) is 0 Å². The highest BCUT2D eigenvalue weighted by Crippen LogP contribution is 2.25. The third-order valence-electron chi connectivity index (χ3n) is 2.45. The molecule has 0 aromatic rings. The first kappa shape index (κ1) is 8.97. The van der Waals surface area contributed by atoms with Crippen molar-refractivity contribution in [2.45, 2.75) is 44.7 Å². The van der Waals surface area contributed by atoms with Gasteiger partial charge < -0.3 is 14.2 Å². The molecule has 2 fully saturated rings. The first-order valence-electron chi connectivity index (χ1n) is 4.63. The Labute approximate surface area is 77.1 Å². The first-order valence-corrected chi connectivity index (χ1v) is 4.63. The van der Waals surface area contributed by atoms with Gasteiger partial charge in [-0.15, -0.1) is 0 Å². The zero-order valence-corrected chi connectivity index (χ0v) is 7.86. The van der Waals surface area contributed by atoms with Crippen LogP contribution in [-0.2, 0) is 19.0 Å². The lowest BCUT2D eigenvalue weighted by molar-refractivity contribution is -0.144. The summed E-state index contributed by atoms with van der Waals surface area (Å²) in [5, 5.41) is 0. The first-order chi connectivity index (χ1) is 6.16. The van der Waals surface area contributed by atoms with E-state index in [4.69, 9.17) is 14.2 Å². The monoisotopic (exact) mass is 186 g/mol. The van der Waals surface area contributed by atoms with E-state index in [-0.39, 0.29) is 30.4 Å². The van der Waals surface area contributed by atoms with Gasteiger partial charge in [-0.3, -0.25) is 4.79 Å². The van der Waals surface area contributed by atoms with Crippen LogP contribution in [0.2, 0.25) is 0 Å². The van der Waals surface area contributed by atoms with Gasteiger partial charge in [-0.25, -0.2) is 0 Å². The van der Waals surface area contributed by atoms with Crippen LogP contribution in [0, 0.1) is 0 Å². The van der Waals surface area contributed by atoms with Crippen molar-refractivity contribution in [3.05, 3.63) is 0 Å². The Kier molecular flexibility index (Phi) is 2.26. The van der Waals surface area contributed by atoms with Crippen molar-refractivity contribution < 1.29 is 19.0 Å². The second kappa shape index (κ2) is 3.27. The average Bonchev–Trinajstić information content (AvgIpc) is 2.91. The highest BCUT2D eigenvalue weighted by Gasteiger charge is 2.38. The fourth-order valence-electron chi connectivity index (χ4n) is 1.25. The van der Waals surface area contributed by atoms with Crippen molar-refractivity contribution in [3.8, 4) is 0 Å². The Balaban J connectivity index is 1.56. The molecule has 0 radical (unpaired) electrons. The maximum atomic E-state index is 11.1. The summed E-state index contributed by atoms with van der Waals surface area (Å²) in [6, 6.07) is 0. The molecule has 2 rings (SSSR count). The second-order valence-corrected chi connectivity index (χ2v) is 3.65. The van der Waals surface area contributed by atoms with Gasteiger partial charge in [0.05, 0.1) is 24.7 Å². The SMILES string of the molecule is CC1OC1COC(=O)CC1OC1C. The Morgan fingerprint density at radius 3 is 2.23 bits per heavy atom. The summed E-state index contributed by atoms with van der Waals surface area (Å²) in [6.45, 7) is 4.30. The summed E-state index contributed by atoms with van der Waals surface area (Å²) < 4.78 is 15.2. The summed E-state index contributed by atoms with van der Waals surface area (Å²) in [7, 11) is 0. The predicted octanol–water partition coefficient (Wildman–Crippen LogP) is 0.494. The number of hydrogen-bond donors (Lipinski definition) is 0. The van der Waals surface area contributed by atoms with Gasteiger partial charge in [-0.05, 0) is 13.8 Å². The highest BCUT2D eigenvalue weighted by molar-refractivity contribution is 5.70. The van der Waals surface area contributed by atoms with Crippen LogP contribution in [0.15, 0.2) is 0 Å². The van der Waals surface area contributed by atoms with Gasteiger partial charge >= 0.3 is 5.97 Å². The molecule has 0 amide bonds. The normalized spacial score (nSPS) is 41.4. The molecule has 0 bridgehead atoms. The smallest absolute Gasteiger partial charge is 0.308 e. The Bertz CT molecular complexity index is 216. The lowest BCUT2D eigenvalue weighted by Crippen LogP contribution is -2.13. The molecule has 13 heavy (non-hydrogen) atoms. The molecule has 0 N–H and O–H groups in total. The quantitative estimate of drug-likeness (QED) is 0.473. The van der Waals surface area contributed by atoms with E-state index >= 15 is 0 Å². The van der Waals surface area contributed by atoms with Crippen molar-refractivity contribution in [2.24, 2.45) is 0 Å². The molecule has 2 heterocycles. The van der Waals surface area contributed by atoms with E-state index in [1.54, 1.807) is 0 Å². The molecule has 2 aliphatic heterocycles. The molecule has 4 heteroatoms. The molecule has 0 saturated carbocycles. The largest absolute Gasteiger partial charge is 0.463 e. The maximum absolute atomic E-state index is 11.1. The van der Waals surface area contributed by atoms with E-state index in [2.05, 4.69) is 0 Å². The fourth-order valence-corrected chi connectivity index (χ4v) is 1.25. The molecule has 0 aromatic carbocycles. The van der Waals surface area contributed by atoms with Gasteiger partial charge in [0, 0.05) is 0 Å². The Morgan fingerprint density at radius 1 is 1.23 bits per heavy atom. The summed E-state index contributed by atoms with van der Waals surface area (Å²) in [4.78, 5) is 11.1. The van der Waals surface area contributed by atoms with Crippen LogP contribution >= 0.6 is 0 Å².